The monoisotopic (exact) mass is 523 g/mol. The number of hydrogen-bond donors (Lipinski definition) is 4. The van der Waals surface area contributed by atoms with E-state index < -0.39 is 6.04 Å². The van der Waals surface area contributed by atoms with E-state index in [1.807, 2.05) is 72.6 Å². The van der Waals surface area contributed by atoms with E-state index in [-0.39, 0.29) is 17.9 Å². The molecule has 5 rings (SSSR count). The third-order valence-electron chi connectivity index (χ3n) is 7.85. The van der Waals surface area contributed by atoms with Crippen molar-refractivity contribution in [3.05, 3.63) is 102 Å². The number of amides is 3. The standard InChI is InChI=1S/C32H37N5O2/c1-22(28-21-34-29-13-6-5-12-27(28)29)30(31(38)35-26-11-7-8-23(20-26)14-17-33)36-32(39)37-18-15-25(16-19-37)24-9-3-2-4-10-24/h2-13,20-22,25,30,34H,14-19,33H2,1H3,(H,35,38)(H,36,39)/t22-,30+/m0/s1. The summed E-state index contributed by atoms with van der Waals surface area (Å²) in [6.45, 7) is 3.84. The molecule has 0 spiro atoms. The van der Waals surface area contributed by atoms with Crippen LogP contribution in [-0.2, 0) is 11.2 Å². The molecule has 0 radical (unpaired) electrons. The molecule has 2 heterocycles. The van der Waals surface area contributed by atoms with E-state index in [0.717, 1.165) is 41.3 Å². The maximum Gasteiger partial charge on any atom is 0.318 e. The van der Waals surface area contributed by atoms with Crippen LogP contribution in [0.2, 0.25) is 0 Å². The van der Waals surface area contributed by atoms with E-state index in [2.05, 4.69) is 39.9 Å². The molecule has 0 aliphatic carbocycles. The second-order valence-corrected chi connectivity index (χ2v) is 10.4. The third kappa shape index (κ3) is 6.15. The number of para-hydroxylation sites is 1. The fourth-order valence-corrected chi connectivity index (χ4v) is 5.62. The maximum atomic E-state index is 13.7. The average molecular weight is 524 g/mol. The van der Waals surface area contributed by atoms with Crippen LogP contribution >= 0.6 is 0 Å². The summed E-state index contributed by atoms with van der Waals surface area (Å²) in [5.41, 5.74) is 10.8. The van der Waals surface area contributed by atoms with Gasteiger partial charge in [0.2, 0.25) is 5.91 Å². The average Bonchev–Trinajstić information content (AvgIpc) is 3.41. The van der Waals surface area contributed by atoms with Crippen LogP contribution in [0.5, 0.6) is 0 Å². The first-order chi connectivity index (χ1) is 19.0. The molecule has 1 aliphatic heterocycles. The number of nitrogens with zero attached hydrogens (tertiary/aromatic N) is 1. The zero-order valence-electron chi connectivity index (χ0n) is 22.4. The van der Waals surface area contributed by atoms with Crippen molar-refractivity contribution in [1.82, 2.24) is 15.2 Å². The van der Waals surface area contributed by atoms with Crippen molar-refractivity contribution in [2.24, 2.45) is 5.73 Å². The number of aromatic amines is 1. The van der Waals surface area contributed by atoms with Crippen molar-refractivity contribution in [3.63, 3.8) is 0 Å². The van der Waals surface area contributed by atoms with Gasteiger partial charge in [-0.3, -0.25) is 4.79 Å². The summed E-state index contributed by atoms with van der Waals surface area (Å²) in [4.78, 5) is 32.4. The zero-order chi connectivity index (χ0) is 27.2. The molecule has 0 unspecified atom stereocenters. The highest BCUT2D eigenvalue weighted by atomic mass is 16.2. The van der Waals surface area contributed by atoms with Gasteiger partial charge in [-0.25, -0.2) is 4.79 Å². The predicted molar refractivity (Wildman–Crippen MR) is 157 cm³/mol. The minimum atomic E-state index is -0.762. The smallest absolute Gasteiger partial charge is 0.318 e. The number of rotatable bonds is 8. The van der Waals surface area contributed by atoms with E-state index in [0.29, 0.717) is 31.2 Å². The van der Waals surface area contributed by atoms with Crippen LogP contribution < -0.4 is 16.4 Å². The highest BCUT2D eigenvalue weighted by Crippen LogP contribution is 2.30. The molecule has 2 atom stereocenters. The highest BCUT2D eigenvalue weighted by molar-refractivity contribution is 5.98. The van der Waals surface area contributed by atoms with Gasteiger partial charge < -0.3 is 26.3 Å². The lowest BCUT2D eigenvalue weighted by Gasteiger charge is -2.34. The van der Waals surface area contributed by atoms with Crippen molar-refractivity contribution in [3.8, 4) is 0 Å². The maximum absolute atomic E-state index is 13.7. The Labute approximate surface area is 229 Å². The van der Waals surface area contributed by atoms with Crippen molar-refractivity contribution >= 4 is 28.5 Å². The Bertz CT molecular complexity index is 1410. The Kier molecular flexibility index (Phi) is 8.27. The summed E-state index contributed by atoms with van der Waals surface area (Å²) in [6.07, 6.45) is 4.48. The minimum absolute atomic E-state index is 0.203. The first kappa shape index (κ1) is 26.5. The largest absolute Gasteiger partial charge is 0.361 e. The van der Waals surface area contributed by atoms with E-state index in [1.165, 1.54) is 5.56 Å². The molecule has 1 fully saturated rings. The normalized spacial score (nSPS) is 15.6. The molecule has 0 saturated carbocycles. The number of benzene rings is 3. The molecule has 1 saturated heterocycles. The number of urea groups is 1. The van der Waals surface area contributed by atoms with Crippen LogP contribution in [0.15, 0.2) is 85.1 Å². The third-order valence-corrected chi connectivity index (χ3v) is 7.85. The van der Waals surface area contributed by atoms with E-state index in [4.69, 9.17) is 5.73 Å². The number of hydrogen-bond acceptors (Lipinski definition) is 3. The molecular weight excluding hydrogens is 486 g/mol. The Morgan fingerprint density at radius 2 is 1.74 bits per heavy atom. The van der Waals surface area contributed by atoms with Crippen LogP contribution in [0.25, 0.3) is 10.9 Å². The lowest BCUT2D eigenvalue weighted by molar-refractivity contribution is -0.118. The van der Waals surface area contributed by atoms with Gasteiger partial charge in [0, 0.05) is 41.8 Å². The number of likely N-dealkylation sites (tertiary alicyclic amines) is 1. The van der Waals surface area contributed by atoms with Crippen LogP contribution in [0.4, 0.5) is 10.5 Å². The van der Waals surface area contributed by atoms with Gasteiger partial charge in [-0.15, -0.1) is 0 Å². The molecule has 1 aliphatic rings. The van der Waals surface area contributed by atoms with Crippen LogP contribution in [0, 0.1) is 0 Å². The summed E-state index contributed by atoms with van der Waals surface area (Å²) in [6, 6.07) is 25.2. The van der Waals surface area contributed by atoms with Gasteiger partial charge >= 0.3 is 6.03 Å². The molecule has 4 aromatic rings. The molecule has 0 bridgehead atoms. The Hall–Kier alpha value is -4.10. The van der Waals surface area contributed by atoms with Crippen LogP contribution in [0.3, 0.4) is 0 Å². The van der Waals surface area contributed by atoms with Crippen molar-refractivity contribution < 1.29 is 9.59 Å². The first-order valence-electron chi connectivity index (χ1n) is 13.8. The van der Waals surface area contributed by atoms with Gasteiger partial charge in [-0.05, 0) is 66.6 Å². The molecule has 7 heteroatoms. The lowest BCUT2D eigenvalue weighted by atomic mass is 9.89. The molecule has 3 aromatic carbocycles. The Morgan fingerprint density at radius 1 is 1.00 bits per heavy atom. The summed E-state index contributed by atoms with van der Waals surface area (Å²) >= 11 is 0. The van der Waals surface area contributed by atoms with Crippen molar-refractivity contribution in [2.75, 3.05) is 25.0 Å². The second-order valence-electron chi connectivity index (χ2n) is 10.4. The number of fused-ring (bicyclic) bond motifs is 1. The van der Waals surface area contributed by atoms with Crippen molar-refractivity contribution in [2.45, 2.75) is 44.1 Å². The molecule has 1 aromatic heterocycles. The number of H-pyrrole nitrogens is 1. The van der Waals surface area contributed by atoms with Gasteiger partial charge in [-0.1, -0.05) is 67.6 Å². The van der Waals surface area contributed by atoms with Gasteiger partial charge in [0.1, 0.15) is 6.04 Å². The number of carbonyl (C=O) groups is 2. The van der Waals surface area contributed by atoms with Crippen LogP contribution in [0.1, 0.15) is 48.3 Å². The summed E-state index contributed by atoms with van der Waals surface area (Å²) in [5, 5.41) is 7.19. The number of nitrogens with two attached hydrogens (primary N) is 1. The van der Waals surface area contributed by atoms with E-state index in [1.54, 1.807) is 0 Å². The van der Waals surface area contributed by atoms with Gasteiger partial charge in [0.25, 0.3) is 0 Å². The predicted octanol–water partition coefficient (Wildman–Crippen LogP) is 5.37. The summed E-state index contributed by atoms with van der Waals surface area (Å²) in [5.74, 6) is -0.0651. The fourth-order valence-electron chi connectivity index (χ4n) is 5.62. The Morgan fingerprint density at radius 3 is 2.51 bits per heavy atom. The highest BCUT2D eigenvalue weighted by Gasteiger charge is 2.32. The quantitative estimate of drug-likeness (QED) is 0.250. The molecule has 3 amide bonds. The lowest BCUT2D eigenvalue weighted by Crippen LogP contribution is -2.53. The minimum Gasteiger partial charge on any atom is -0.361 e. The number of aromatic nitrogens is 1. The van der Waals surface area contributed by atoms with Crippen LogP contribution in [-0.4, -0.2) is 47.5 Å². The number of piperidine rings is 1. The van der Waals surface area contributed by atoms with Gasteiger partial charge in [-0.2, -0.15) is 0 Å². The molecule has 39 heavy (non-hydrogen) atoms. The Balaban J connectivity index is 1.34. The molecule has 5 N–H and O–H groups in total. The number of carbonyl (C=O) groups excluding carboxylic acids is 2. The fraction of sp³-hybridized carbons (Fsp3) is 0.312. The number of anilines is 1. The molecule has 202 valence electrons. The first-order valence-corrected chi connectivity index (χ1v) is 13.8. The number of nitrogens with one attached hydrogen (secondary N) is 3. The van der Waals surface area contributed by atoms with Gasteiger partial charge in [0.15, 0.2) is 0 Å². The van der Waals surface area contributed by atoms with Crippen molar-refractivity contribution in [1.29, 1.82) is 0 Å². The second kappa shape index (κ2) is 12.2. The van der Waals surface area contributed by atoms with E-state index >= 15 is 0 Å². The zero-order valence-corrected chi connectivity index (χ0v) is 22.4. The molecular formula is C32H37N5O2. The van der Waals surface area contributed by atoms with Gasteiger partial charge in [0.05, 0.1) is 0 Å². The summed E-state index contributed by atoms with van der Waals surface area (Å²) in [7, 11) is 0. The molecule has 7 nitrogen and oxygen atoms in total. The van der Waals surface area contributed by atoms with E-state index in [9.17, 15) is 9.59 Å². The SMILES string of the molecule is C[C@@H](c1c[nH]c2ccccc12)[C@@H](NC(=O)N1CCC(c2ccccc2)CC1)C(=O)Nc1cccc(CCN)c1. The topological polar surface area (TPSA) is 103 Å². The summed E-state index contributed by atoms with van der Waals surface area (Å²) < 4.78 is 0.